The second-order valence-electron chi connectivity index (χ2n) is 6.39. The van der Waals surface area contributed by atoms with Gasteiger partial charge in [0.05, 0.1) is 12.1 Å². The van der Waals surface area contributed by atoms with Crippen LogP contribution in [0.3, 0.4) is 0 Å². The van der Waals surface area contributed by atoms with E-state index in [0.29, 0.717) is 12.8 Å². The summed E-state index contributed by atoms with van der Waals surface area (Å²) in [6, 6.07) is 19.0. The van der Waals surface area contributed by atoms with E-state index >= 15 is 0 Å². The number of rotatable bonds is 6. The summed E-state index contributed by atoms with van der Waals surface area (Å²) in [7, 11) is 1.69. The first-order valence-corrected chi connectivity index (χ1v) is 8.65. The highest BCUT2D eigenvalue weighted by molar-refractivity contribution is 5.78. The van der Waals surface area contributed by atoms with Crippen molar-refractivity contribution in [3.05, 3.63) is 71.8 Å². The summed E-state index contributed by atoms with van der Waals surface area (Å²) in [5.41, 5.74) is 5.13. The maximum absolute atomic E-state index is 12.3. The maximum Gasteiger partial charge on any atom is 0.407 e. The number of amides is 2. The van der Waals surface area contributed by atoms with Crippen LogP contribution in [0.4, 0.5) is 4.79 Å². The molecule has 0 bridgehead atoms. The fourth-order valence-electron chi connectivity index (χ4n) is 3.00. The van der Waals surface area contributed by atoms with Gasteiger partial charge in [-0.2, -0.15) is 0 Å². The number of hydrogen-bond acceptors (Lipinski definition) is 4. The van der Waals surface area contributed by atoms with E-state index in [0.717, 1.165) is 11.1 Å². The fraction of sp³-hybridized carbons (Fsp3) is 0.300. The SMILES string of the molecule is CN1N[C@@H]([C@H](Cc2ccccc2)NC(=O)OCc2ccccc2)CC1=O. The molecule has 2 aromatic carbocycles. The largest absolute Gasteiger partial charge is 0.445 e. The number of ether oxygens (including phenoxy) is 1. The van der Waals surface area contributed by atoms with Gasteiger partial charge in [0.15, 0.2) is 0 Å². The molecule has 2 N–H and O–H groups in total. The molecule has 2 aromatic rings. The summed E-state index contributed by atoms with van der Waals surface area (Å²) in [5, 5.41) is 4.39. The van der Waals surface area contributed by atoms with Crippen molar-refractivity contribution < 1.29 is 14.3 Å². The zero-order valence-electron chi connectivity index (χ0n) is 14.7. The molecule has 1 aliphatic rings. The van der Waals surface area contributed by atoms with Gasteiger partial charge < -0.3 is 10.1 Å². The third-order valence-electron chi connectivity index (χ3n) is 4.43. The van der Waals surface area contributed by atoms with Crippen molar-refractivity contribution in [2.75, 3.05) is 7.05 Å². The monoisotopic (exact) mass is 353 g/mol. The van der Waals surface area contributed by atoms with Crippen LogP contribution in [0.2, 0.25) is 0 Å². The minimum Gasteiger partial charge on any atom is -0.445 e. The lowest BCUT2D eigenvalue weighted by Crippen LogP contribution is -2.50. The average molecular weight is 353 g/mol. The Hall–Kier alpha value is -2.86. The Morgan fingerprint density at radius 1 is 1.15 bits per heavy atom. The molecule has 1 fully saturated rings. The van der Waals surface area contributed by atoms with Gasteiger partial charge in [-0.05, 0) is 17.5 Å². The lowest BCUT2D eigenvalue weighted by Gasteiger charge is -2.25. The molecular weight excluding hydrogens is 330 g/mol. The number of carbonyl (C=O) groups is 2. The zero-order chi connectivity index (χ0) is 18.4. The lowest BCUT2D eigenvalue weighted by molar-refractivity contribution is -0.128. The van der Waals surface area contributed by atoms with Crippen molar-refractivity contribution in [3.8, 4) is 0 Å². The van der Waals surface area contributed by atoms with Crippen molar-refractivity contribution >= 4 is 12.0 Å². The molecule has 3 rings (SSSR count). The average Bonchev–Trinajstić information content (AvgIpc) is 3.00. The Balaban J connectivity index is 1.63. The van der Waals surface area contributed by atoms with Crippen molar-refractivity contribution in [2.24, 2.45) is 0 Å². The van der Waals surface area contributed by atoms with E-state index < -0.39 is 6.09 Å². The highest BCUT2D eigenvalue weighted by Crippen LogP contribution is 2.14. The van der Waals surface area contributed by atoms with Gasteiger partial charge in [0.1, 0.15) is 6.61 Å². The molecular formula is C20H23N3O3. The number of nitrogens with zero attached hydrogens (tertiary/aromatic N) is 1. The normalized spacial score (nSPS) is 17.8. The molecule has 2 atom stereocenters. The van der Waals surface area contributed by atoms with Gasteiger partial charge in [0, 0.05) is 13.5 Å². The quantitative estimate of drug-likeness (QED) is 0.836. The minimum atomic E-state index is -0.487. The van der Waals surface area contributed by atoms with Crippen LogP contribution in [0.25, 0.3) is 0 Å². The van der Waals surface area contributed by atoms with Gasteiger partial charge in [0.2, 0.25) is 5.91 Å². The van der Waals surface area contributed by atoms with Crippen molar-refractivity contribution in [1.82, 2.24) is 15.8 Å². The molecule has 26 heavy (non-hydrogen) atoms. The number of benzene rings is 2. The van der Waals surface area contributed by atoms with E-state index in [2.05, 4.69) is 10.7 Å². The molecule has 0 saturated carbocycles. The van der Waals surface area contributed by atoms with Gasteiger partial charge in [-0.3, -0.25) is 9.80 Å². The minimum absolute atomic E-state index is 0.00696. The number of hydrazine groups is 1. The summed E-state index contributed by atoms with van der Waals surface area (Å²) in [4.78, 5) is 24.1. The van der Waals surface area contributed by atoms with E-state index in [1.54, 1.807) is 7.05 Å². The first-order valence-electron chi connectivity index (χ1n) is 8.65. The molecule has 0 spiro atoms. The third kappa shape index (κ3) is 4.83. The molecule has 0 aliphatic carbocycles. The van der Waals surface area contributed by atoms with Crippen molar-refractivity contribution in [3.63, 3.8) is 0 Å². The van der Waals surface area contributed by atoms with Crippen LogP contribution >= 0.6 is 0 Å². The second-order valence-corrected chi connectivity index (χ2v) is 6.39. The molecule has 6 heteroatoms. The first kappa shape index (κ1) is 17.9. The van der Waals surface area contributed by atoms with E-state index in [4.69, 9.17) is 4.74 Å². The molecule has 1 aliphatic heterocycles. The Kier molecular flexibility index (Phi) is 5.86. The molecule has 0 aromatic heterocycles. The van der Waals surface area contributed by atoms with Gasteiger partial charge in [-0.25, -0.2) is 10.2 Å². The molecule has 136 valence electrons. The number of carbonyl (C=O) groups excluding carboxylic acids is 2. The van der Waals surface area contributed by atoms with Crippen LogP contribution in [-0.2, 0) is 22.6 Å². The van der Waals surface area contributed by atoms with Crippen LogP contribution in [0.1, 0.15) is 17.5 Å². The number of alkyl carbamates (subject to hydrolysis) is 1. The first-order chi connectivity index (χ1) is 12.6. The summed E-state index contributed by atoms with van der Waals surface area (Å²) < 4.78 is 5.33. The van der Waals surface area contributed by atoms with Gasteiger partial charge in [-0.15, -0.1) is 0 Å². The van der Waals surface area contributed by atoms with E-state index in [9.17, 15) is 9.59 Å². The second kappa shape index (κ2) is 8.49. The molecule has 0 unspecified atom stereocenters. The molecule has 6 nitrogen and oxygen atoms in total. The van der Waals surface area contributed by atoms with Crippen LogP contribution < -0.4 is 10.7 Å². The zero-order valence-corrected chi connectivity index (χ0v) is 14.7. The third-order valence-corrected chi connectivity index (χ3v) is 4.43. The smallest absolute Gasteiger partial charge is 0.407 e. The van der Waals surface area contributed by atoms with Gasteiger partial charge in [-0.1, -0.05) is 60.7 Å². The topological polar surface area (TPSA) is 70.7 Å². The van der Waals surface area contributed by atoms with Crippen molar-refractivity contribution in [1.29, 1.82) is 0 Å². The lowest BCUT2D eigenvalue weighted by atomic mass is 9.98. The van der Waals surface area contributed by atoms with Gasteiger partial charge >= 0.3 is 6.09 Å². The van der Waals surface area contributed by atoms with E-state index in [1.807, 2.05) is 60.7 Å². The highest BCUT2D eigenvalue weighted by Gasteiger charge is 2.33. The van der Waals surface area contributed by atoms with Crippen LogP contribution in [0, 0.1) is 0 Å². The van der Waals surface area contributed by atoms with Crippen molar-refractivity contribution in [2.45, 2.75) is 31.5 Å². The van der Waals surface area contributed by atoms with Crippen LogP contribution in [0.5, 0.6) is 0 Å². The standard InChI is InChI=1S/C20H23N3O3/c1-23-19(24)13-18(22-23)17(12-15-8-4-2-5-9-15)21-20(25)26-14-16-10-6-3-7-11-16/h2-11,17-18,22H,12-14H2,1H3,(H,21,25)/t17-,18+/m0/s1. The number of nitrogens with one attached hydrogen (secondary N) is 2. The molecule has 2 amide bonds. The molecule has 1 heterocycles. The predicted molar refractivity (Wildman–Crippen MR) is 98.0 cm³/mol. The summed E-state index contributed by atoms with van der Waals surface area (Å²) in [5.74, 6) is 0.00696. The maximum atomic E-state index is 12.3. The van der Waals surface area contributed by atoms with E-state index in [1.165, 1.54) is 5.01 Å². The predicted octanol–water partition coefficient (Wildman–Crippen LogP) is 2.26. The Morgan fingerprint density at radius 3 is 2.35 bits per heavy atom. The summed E-state index contributed by atoms with van der Waals surface area (Å²) in [6.07, 6.45) is 0.464. The van der Waals surface area contributed by atoms with Crippen LogP contribution in [0.15, 0.2) is 60.7 Å². The highest BCUT2D eigenvalue weighted by atomic mass is 16.5. The Labute approximate surface area is 153 Å². The summed E-state index contributed by atoms with van der Waals surface area (Å²) >= 11 is 0. The summed E-state index contributed by atoms with van der Waals surface area (Å²) in [6.45, 7) is 0.210. The van der Waals surface area contributed by atoms with Gasteiger partial charge in [0.25, 0.3) is 0 Å². The molecule has 1 saturated heterocycles. The Bertz CT molecular complexity index is 736. The molecule has 0 radical (unpaired) electrons. The fourth-order valence-corrected chi connectivity index (χ4v) is 3.00. The van der Waals surface area contributed by atoms with E-state index in [-0.39, 0.29) is 24.6 Å². The Morgan fingerprint density at radius 2 is 1.77 bits per heavy atom. The number of hydrogen-bond donors (Lipinski definition) is 2. The van der Waals surface area contributed by atoms with Crippen LogP contribution in [-0.4, -0.2) is 36.1 Å².